The summed E-state index contributed by atoms with van der Waals surface area (Å²) in [5, 5.41) is 10.4. The molecule has 5 heteroatoms. The van der Waals surface area contributed by atoms with Crippen molar-refractivity contribution < 1.29 is 4.79 Å². The Morgan fingerprint density at radius 3 is 2.94 bits per heavy atom. The third kappa shape index (κ3) is 4.14. The number of aryl methyl sites for hydroxylation is 1. The second kappa shape index (κ2) is 6.54. The van der Waals surface area contributed by atoms with E-state index in [-0.39, 0.29) is 5.91 Å². The van der Waals surface area contributed by atoms with Crippen molar-refractivity contribution in [2.45, 2.75) is 45.2 Å². The molecule has 0 radical (unpaired) electrons. The molecule has 1 heterocycles. The van der Waals surface area contributed by atoms with Crippen molar-refractivity contribution in [1.29, 1.82) is 0 Å². The predicted molar refractivity (Wildman–Crippen MR) is 70.2 cm³/mol. The third-order valence-electron chi connectivity index (χ3n) is 3.33. The van der Waals surface area contributed by atoms with Crippen molar-refractivity contribution in [3.05, 3.63) is 18.0 Å². The second-order valence-electron chi connectivity index (χ2n) is 4.99. The fourth-order valence-electron chi connectivity index (χ4n) is 2.33. The Labute approximate surface area is 108 Å². The third-order valence-corrected chi connectivity index (χ3v) is 3.33. The van der Waals surface area contributed by atoms with Gasteiger partial charge in [-0.05, 0) is 25.3 Å². The molecule has 0 aliphatic heterocycles. The topological polar surface area (TPSA) is 59.0 Å². The Hall–Kier alpha value is -1.36. The zero-order chi connectivity index (χ0) is 12.8. The fraction of sp³-hybridized carbons (Fsp3) is 0.692. The molecular weight excluding hydrogens is 228 g/mol. The molecule has 100 valence electrons. The van der Waals surface area contributed by atoms with Crippen molar-refractivity contribution in [1.82, 2.24) is 20.4 Å². The lowest BCUT2D eigenvalue weighted by molar-refractivity contribution is -0.120. The van der Waals surface area contributed by atoms with Crippen LogP contribution in [0.25, 0.3) is 0 Å². The van der Waals surface area contributed by atoms with Gasteiger partial charge in [-0.3, -0.25) is 9.48 Å². The van der Waals surface area contributed by atoms with E-state index in [0.29, 0.717) is 19.1 Å². The van der Waals surface area contributed by atoms with Gasteiger partial charge in [-0.2, -0.15) is 5.10 Å². The number of rotatable bonds is 6. The first-order valence-corrected chi connectivity index (χ1v) is 6.73. The van der Waals surface area contributed by atoms with Gasteiger partial charge in [0.2, 0.25) is 5.91 Å². The second-order valence-corrected chi connectivity index (χ2v) is 4.99. The van der Waals surface area contributed by atoms with Gasteiger partial charge in [0, 0.05) is 18.8 Å². The van der Waals surface area contributed by atoms with Crippen LogP contribution in [-0.2, 0) is 11.3 Å². The smallest absolute Gasteiger partial charge is 0.234 e. The normalized spacial score (nSPS) is 16.1. The Balaban J connectivity index is 1.57. The molecule has 0 unspecified atom stereocenters. The van der Waals surface area contributed by atoms with Crippen molar-refractivity contribution in [2.24, 2.45) is 0 Å². The maximum atomic E-state index is 11.6. The molecule has 1 aromatic heterocycles. The molecule has 18 heavy (non-hydrogen) atoms. The van der Waals surface area contributed by atoms with E-state index < -0.39 is 0 Å². The monoisotopic (exact) mass is 250 g/mol. The van der Waals surface area contributed by atoms with Gasteiger partial charge in [0.05, 0.1) is 19.3 Å². The maximum absolute atomic E-state index is 11.6. The van der Waals surface area contributed by atoms with E-state index in [9.17, 15) is 4.79 Å². The molecule has 0 atom stereocenters. The SMILES string of the molecule is Cc1cnn(CCNC(=O)CNC2CCCC2)c1. The van der Waals surface area contributed by atoms with Gasteiger partial charge in [0.15, 0.2) is 0 Å². The summed E-state index contributed by atoms with van der Waals surface area (Å²) in [6.45, 7) is 3.80. The number of hydrogen-bond donors (Lipinski definition) is 2. The van der Waals surface area contributed by atoms with E-state index in [4.69, 9.17) is 0 Å². The summed E-state index contributed by atoms with van der Waals surface area (Å²) in [4.78, 5) is 11.6. The molecule has 1 aliphatic rings. The minimum atomic E-state index is 0.0748. The predicted octanol–water partition coefficient (Wildman–Crippen LogP) is 0.840. The summed E-state index contributed by atoms with van der Waals surface area (Å²) >= 11 is 0. The zero-order valence-electron chi connectivity index (χ0n) is 11.0. The molecule has 1 aliphatic carbocycles. The van der Waals surface area contributed by atoms with Crippen molar-refractivity contribution in [2.75, 3.05) is 13.1 Å². The molecule has 1 amide bonds. The number of nitrogens with one attached hydrogen (secondary N) is 2. The lowest BCUT2D eigenvalue weighted by atomic mass is 10.2. The van der Waals surface area contributed by atoms with Crippen LogP contribution in [-0.4, -0.2) is 34.8 Å². The van der Waals surface area contributed by atoms with Crippen LogP contribution in [0.4, 0.5) is 0 Å². The molecule has 1 fully saturated rings. The lowest BCUT2D eigenvalue weighted by Gasteiger charge is -2.11. The van der Waals surface area contributed by atoms with E-state index in [0.717, 1.165) is 12.1 Å². The van der Waals surface area contributed by atoms with E-state index in [1.807, 2.05) is 24.0 Å². The Bertz CT molecular complexity index is 382. The van der Waals surface area contributed by atoms with Crippen LogP contribution in [0.2, 0.25) is 0 Å². The van der Waals surface area contributed by atoms with Gasteiger partial charge in [-0.1, -0.05) is 12.8 Å². The van der Waals surface area contributed by atoms with Crippen LogP contribution in [0.15, 0.2) is 12.4 Å². The zero-order valence-corrected chi connectivity index (χ0v) is 11.0. The van der Waals surface area contributed by atoms with Gasteiger partial charge in [-0.15, -0.1) is 0 Å². The minimum Gasteiger partial charge on any atom is -0.353 e. The maximum Gasteiger partial charge on any atom is 0.234 e. The molecule has 5 nitrogen and oxygen atoms in total. The lowest BCUT2D eigenvalue weighted by Crippen LogP contribution is -2.39. The van der Waals surface area contributed by atoms with Crippen molar-refractivity contribution >= 4 is 5.91 Å². The number of aromatic nitrogens is 2. The molecule has 1 aromatic rings. The van der Waals surface area contributed by atoms with Crippen LogP contribution in [0, 0.1) is 6.92 Å². The molecule has 0 spiro atoms. The number of amides is 1. The molecule has 0 saturated heterocycles. The van der Waals surface area contributed by atoms with Crippen molar-refractivity contribution in [3.63, 3.8) is 0 Å². The molecular formula is C13H22N4O. The minimum absolute atomic E-state index is 0.0748. The van der Waals surface area contributed by atoms with E-state index in [2.05, 4.69) is 15.7 Å². The standard InChI is InChI=1S/C13H22N4O/c1-11-8-16-17(10-11)7-6-14-13(18)9-15-12-4-2-3-5-12/h8,10,12,15H,2-7,9H2,1H3,(H,14,18). The summed E-state index contributed by atoms with van der Waals surface area (Å²) < 4.78 is 1.85. The number of carbonyl (C=O) groups excluding carboxylic acids is 1. The summed E-state index contributed by atoms with van der Waals surface area (Å²) in [5.74, 6) is 0.0748. The average molecular weight is 250 g/mol. The van der Waals surface area contributed by atoms with Crippen LogP contribution in [0.1, 0.15) is 31.2 Å². The van der Waals surface area contributed by atoms with E-state index in [1.54, 1.807) is 0 Å². The molecule has 0 aromatic carbocycles. The fourth-order valence-corrected chi connectivity index (χ4v) is 2.33. The summed E-state index contributed by atoms with van der Waals surface area (Å²) in [6.07, 6.45) is 8.79. The van der Waals surface area contributed by atoms with Crippen LogP contribution in [0.5, 0.6) is 0 Å². The van der Waals surface area contributed by atoms with Gasteiger partial charge < -0.3 is 10.6 Å². The molecule has 2 N–H and O–H groups in total. The van der Waals surface area contributed by atoms with Gasteiger partial charge in [0.25, 0.3) is 0 Å². The largest absolute Gasteiger partial charge is 0.353 e. The van der Waals surface area contributed by atoms with Crippen LogP contribution in [0.3, 0.4) is 0 Å². The summed E-state index contributed by atoms with van der Waals surface area (Å²) in [7, 11) is 0. The Morgan fingerprint density at radius 2 is 2.28 bits per heavy atom. The highest BCUT2D eigenvalue weighted by Gasteiger charge is 2.14. The van der Waals surface area contributed by atoms with E-state index in [1.165, 1.54) is 25.7 Å². The number of nitrogens with zero attached hydrogens (tertiary/aromatic N) is 2. The quantitative estimate of drug-likeness (QED) is 0.786. The Kier molecular flexibility index (Phi) is 4.75. The first-order valence-electron chi connectivity index (χ1n) is 6.73. The highest BCUT2D eigenvalue weighted by molar-refractivity contribution is 5.77. The first kappa shape index (κ1) is 13.1. The summed E-state index contributed by atoms with van der Waals surface area (Å²) in [6, 6.07) is 0.546. The van der Waals surface area contributed by atoms with Crippen LogP contribution >= 0.6 is 0 Å². The highest BCUT2D eigenvalue weighted by atomic mass is 16.1. The van der Waals surface area contributed by atoms with Crippen LogP contribution < -0.4 is 10.6 Å². The summed E-state index contributed by atoms with van der Waals surface area (Å²) in [5.41, 5.74) is 1.14. The van der Waals surface area contributed by atoms with Crippen molar-refractivity contribution in [3.8, 4) is 0 Å². The first-order chi connectivity index (χ1) is 8.74. The molecule has 2 rings (SSSR count). The molecule has 0 bridgehead atoms. The van der Waals surface area contributed by atoms with Gasteiger partial charge in [-0.25, -0.2) is 0 Å². The molecule has 1 saturated carbocycles. The van der Waals surface area contributed by atoms with E-state index >= 15 is 0 Å². The Morgan fingerprint density at radius 1 is 1.50 bits per heavy atom. The number of hydrogen-bond acceptors (Lipinski definition) is 3. The van der Waals surface area contributed by atoms with Gasteiger partial charge in [0.1, 0.15) is 0 Å². The average Bonchev–Trinajstić information content (AvgIpc) is 2.98. The van der Waals surface area contributed by atoms with Gasteiger partial charge >= 0.3 is 0 Å². The number of carbonyl (C=O) groups is 1. The highest BCUT2D eigenvalue weighted by Crippen LogP contribution is 2.17.